The molecule has 0 spiro atoms. The third-order valence-corrected chi connectivity index (χ3v) is 6.40. The van der Waals surface area contributed by atoms with Crippen molar-refractivity contribution in [2.45, 2.75) is 12.8 Å². The van der Waals surface area contributed by atoms with E-state index in [4.69, 9.17) is 28.9 Å². The summed E-state index contributed by atoms with van der Waals surface area (Å²) in [5.74, 6) is -0.808. The summed E-state index contributed by atoms with van der Waals surface area (Å²) in [7, 11) is 0. The first-order valence-electron chi connectivity index (χ1n) is 9.28. The summed E-state index contributed by atoms with van der Waals surface area (Å²) in [6.45, 7) is 1.10. The van der Waals surface area contributed by atoms with E-state index >= 15 is 0 Å². The van der Waals surface area contributed by atoms with Gasteiger partial charge in [0.05, 0.1) is 4.91 Å². The second-order valence-electron chi connectivity index (χ2n) is 6.89. The first-order valence-corrected chi connectivity index (χ1v) is 10.9. The van der Waals surface area contributed by atoms with E-state index in [9.17, 15) is 19.2 Å². The molecule has 0 atom stereocenters. The number of hydrogen-bond acceptors (Lipinski definition) is 5. The molecular weight excluding hydrogens is 451 g/mol. The van der Waals surface area contributed by atoms with Gasteiger partial charge in [-0.2, -0.15) is 0 Å². The van der Waals surface area contributed by atoms with Crippen LogP contribution in [0.4, 0.5) is 9.59 Å². The summed E-state index contributed by atoms with van der Waals surface area (Å²) in [6.07, 6.45) is 2.61. The highest BCUT2D eigenvalue weighted by molar-refractivity contribution is 8.18. The molecule has 0 unspecified atom stereocenters. The van der Waals surface area contributed by atoms with Gasteiger partial charge in [-0.05, 0) is 48.4 Å². The number of hydrogen-bond donors (Lipinski definition) is 2. The molecule has 2 aliphatic heterocycles. The van der Waals surface area contributed by atoms with E-state index in [1.165, 1.54) is 4.90 Å². The Morgan fingerprint density at radius 2 is 1.93 bits per heavy atom. The lowest BCUT2D eigenvalue weighted by Crippen LogP contribution is -2.46. The van der Waals surface area contributed by atoms with Crippen molar-refractivity contribution in [2.75, 3.05) is 26.2 Å². The molecule has 0 radical (unpaired) electrons. The van der Waals surface area contributed by atoms with Crippen LogP contribution in [0.5, 0.6) is 0 Å². The zero-order chi connectivity index (χ0) is 21.8. The molecular formula is C19H20Cl2N4O4S. The molecule has 2 saturated heterocycles. The van der Waals surface area contributed by atoms with Crippen molar-refractivity contribution in [3.63, 3.8) is 0 Å². The quantitative estimate of drug-likeness (QED) is 0.642. The monoisotopic (exact) mass is 470 g/mol. The van der Waals surface area contributed by atoms with Crippen LogP contribution in [0.1, 0.15) is 18.4 Å². The van der Waals surface area contributed by atoms with E-state index in [-0.39, 0.29) is 29.8 Å². The van der Waals surface area contributed by atoms with Gasteiger partial charge in [-0.25, -0.2) is 4.79 Å². The lowest BCUT2D eigenvalue weighted by atomic mass is 9.96. The molecule has 3 N–H and O–H groups in total. The van der Waals surface area contributed by atoms with Gasteiger partial charge in [0.25, 0.3) is 11.1 Å². The standard InChI is InChI=1S/C19H20Cl2N4O4S/c20-13-2-1-12(14(21)10-13)9-15-17(27)25(19(29)30-15)8-5-23-16(26)11-3-6-24(7-4-11)18(22)28/h1-2,9-11H,3-8H2,(H2,22,28)(H,23,26)/b15-9-. The van der Waals surface area contributed by atoms with Crippen LogP contribution in [0, 0.1) is 5.92 Å². The van der Waals surface area contributed by atoms with Gasteiger partial charge in [-0.15, -0.1) is 0 Å². The molecule has 0 aliphatic carbocycles. The molecule has 0 aromatic heterocycles. The zero-order valence-corrected chi connectivity index (χ0v) is 18.2. The Kier molecular flexibility index (Phi) is 7.27. The van der Waals surface area contributed by atoms with E-state index in [0.717, 1.165) is 16.7 Å². The maximum Gasteiger partial charge on any atom is 0.314 e. The minimum absolute atomic E-state index is 0.0717. The van der Waals surface area contributed by atoms with Gasteiger partial charge >= 0.3 is 6.03 Å². The number of urea groups is 1. The van der Waals surface area contributed by atoms with Crippen LogP contribution in [0.3, 0.4) is 0 Å². The largest absolute Gasteiger partial charge is 0.354 e. The first kappa shape index (κ1) is 22.5. The topological polar surface area (TPSA) is 113 Å². The van der Waals surface area contributed by atoms with Gasteiger partial charge in [-0.1, -0.05) is 29.3 Å². The van der Waals surface area contributed by atoms with Crippen molar-refractivity contribution in [1.29, 1.82) is 0 Å². The Morgan fingerprint density at radius 3 is 2.57 bits per heavy atom. The van der Waals surface area contributed by atoms with E-state index in [2.05, 4.69) is 5.32 Å². The number of nitrogens with zero attached hydrogens (tertiary/aromatic N) is 2. The number of primary amides is 1. The van der Waals surface area contributed by atoms with Crippen LogP contribution in [0.25, 0.3) is 6.08 Å². The molecule has 0 saturated carbocycles. The molecule has 3 rings (SSSR count). The highest BCUT2D eigenvalue weighted by Gasteiger charge is 2.35. The van der Waals surface area contributed by atoms with Crippen LogP contribution in [-0.2, 0) is 9.59 Å². The van der Waals surface area contributed by atoms with Gasteiger partial charge in [0.2, 0.25) is 5.91 Å². The molecule has 2 heterocycles. The molecule has 1 aromatic carbocycles. The highest BCUT2D eigenvalue weighted by Crippen LogP contribution is 2.33. The number of carbonyl (C=O) groups excluding carboxylic acids is 4. The first-order chi connectivity index (χ1) is 14.3. The number of halogens is 2. The van der Waals surface area contributed by atoms with E-state index < -0.39 is 17.2 Å². The Balaban J connectivity index is 1.52. The molecule has 1 aromatic rings. The zero-order valence-electron chi connectivity index (χ0n) is 15.9. The van der Waals surface area contributed by atoms with Crippen molar-refractivity contribution < 1.29 is 19.2 Å². The second-order valence-corrected chi connectivity index (χ2v) is 8.73. The van der Waals surface area contributed by atoms with Crippen molar-refractivity contribution in [2.24, 2.45) is 11.7 Å². The molecule has 11 heteroatoms. The van der Waals surface area contributed by atoms with Gasteiger partial charge in [-0.3, -0.25) is 19.3 Å². The molecule has 8 nitrogen and oxygen atoms in total. The maximum absolute atomic E-state index is 12.6. The highest BCUT2D eigenvalue weighted by atomic mass is 35.5. The number of rotatable bonds is 5. The minimum atomic E-state index is -0.485. The number of amides is 5. The molecule has 2 fully saturated rings. The summed E-state index contributed by atoms with van der Waals surface area (Å²) < 4.78 is 0. The summed E-state index contributed by atoms with van der Waals surface area (Å²) in [6, 6.07) is 4.39. The van der Waals surface area contributed by atoms with Gasteiger partial charge in [0.1, 0.15) is 0 Å². The van der Waals surface area contributed by atoms with Crippen LogP contribution >= 0.6 is 35.0 Å². The number of thioether (sulfide) groups is 1. The number of nitrogens with two attached hydrogens (primary N) is 1. The average Bonchev–Trinajstić information content (AvgIpc) is 2.97. The fourth-order valence-electron chi connectivity index (χ4n) is 3.25. The maximum atomic E-state index is 12.6. The van der Waals surface area contributed by atoms with E-state index in [1.807, 2.05) is 0 Å². The molecule has 30 heavy (non-hydrogen) atoms. The minimum Gasteiger partial charge on any atom is -0.354 e. The number of nitrogens with one attached hydrogen (secondary N) is 1. The van der Waals surface area contributed by atoms with Gasteiger partial charge < -0.3 is 16.0 Å². The van der Waals surface area contributed by atoms with Crippen LogP contribution in [-0.4, -0.2) is 59.1 Å². The van der Waals surface area contributed by atoms with Crippen molar-refractivity contribution >= 4 is 64.1 Å². The Hall–Kier alpha value is -2.23. The summed E-state index contributed by atoms with van der Waals surface area (Å²) >= 11 is 12.8. The van der Waals surface area contributed by atoms with E-state index in [0.29, 0.717) is 41.5 Å². The summed E-state index contributed by atoms with van der Waals surface area (Å²) in [5.41, 5.74) is 5.82. The van der Waals surface area contributed by atoms with Crippen molar-refractivity contribution in [3.05, 3.63) is 38.7 Å². The SMILES string of the molecule is NC(=O)N1CCC(C(=O)NCCN2C(=O)S/C(=C\c3ccc(Cl)cc3Cl)C2=O)CC1. The number of piperidine rings is 1. The molecule has 5 amide bonds. The third kappa shape index (κ3) is 5.27. The number of imide groups is 1. The second kappa shape index (κ2) is 9.72. The van der Waals surface area contributed by atoms with Gasteiger partial charge in [0, 0.05) is 42.1 Å². The Morgan fingerprint density at radius 1 is 1.23 bits per heavy atom. The van der Waals surface area contributed by atoms with Crippen molar-refractivity contribution in [3.8, 4) is 0 Å². The Labute approximate surface area is 187 Å². The third-order valence-electron chi connectivity index (χ3n) is 4.93. The van der Waals surface area contributed by atoms with E-state index in [1.54, 1.807) is 24.3 Å². The summed E-state index contributed by atoms with van der Waals surface area (Å²) in [5, 5.41) is 3.21. The van der Waals surface area contributed by atoms with Gasteiger partial charge in [0.15, 0.2) is 0 Å². The fourth-order valence-corrected chi connectivity index (χ4v) is 4.57. The van der Waals surface area contributed by atoms with Crippen LogP contribution < -0.4 is 11.1 Å². The number of carbonyl (C=O) groups is 4. The average molecular weight is 471 g/mol. The predicted octanol–water partition coefficient (Wildman–Crippen LogP) is 2.94. The van der Waals surface area contributed by atoms with Crippen molar-refractivity contribution in [1.82, 2.24) is 15.1 Å². The number of benzene rings is 1. The normalized spacial score (nSPS) is 18.9. The molecule has 0 bridgehead atoms. The molecule has 160 valence electrons. The fraction of sp³-hybridized carbons (Fsp3) is 0.368. The summed E-state index contributed by atoms with van der Waals surface area (Å²) in [4.78, 5) is 51.1. The lowest BCUT2D eigenvalue weighted by Gasteiger charge is -2.30. The predicted molar refractivity (Wildman–Crippen MR) is 116 cm³/mol. The van der Waals surface area contributed by atoms with Crippen LogP contribution in [0.15, 0.2) is 23.1 Å². The number of likely N-dealkylation sites (tertiary alicyclic amines) is 1. The molecule has 2 aliphatic rings. The Bertz CT molecular complexity index is 916. The smallest absolute Gasteiger partial charge is 0.314 e. The van der Waals surface area contributed by atoms with Crippen LogP contribution in [0.2, 0.25) is 10.0 Å². The lowest BCUT2D eigenvalue weighted by molar-refractivity contribution is -0.127.